The van der Waals surface area contributed by atoms with Crippen LogP contribution in [0.5, 0.6) is 5.88 Å². The summed E-state index contributed by atoms with van der Waals surface area (Å²) >= 11 is 14.2. The zero-order valence-electron chi connectivity index (χ0n) is 28.0. The van der Waals surface area contributed by atoms with E-state index in [1.165, 1.54) is 4.40 Å². The molecule has 264 valence electrons. The number of halogens is 2. The van der Waals surface area contributed by atoms with Crippen LogP contribution in [0.2, 0.25) is 10.0 Å². The third-order valence-electron chi connectivity index (χ3n) is 9.46. The van der Waals surface area contributed by atoms with E-state index in [0.717, 1.165) is 46.2 Å². The monoisotopic (exact) mass is 728 g/mol. The van der Waals surface area contributed by atoms with E-state index < -0.39 is 6.10 Å². The van der Waals surface area contributed by atoms with Gasteiger partial charge in [0.25, 0.3) is 5.56 Å². The summed E-state index contributed by atoms with van der Waals surface area (Å²) in [5, 5.41) is 20.8. The van der Waals surface area contributed by atoms with Crippen LogP contribution in [0, 0.1) is 0 Å². The fourth-order valence-electron chi connectivity index (χ4n) is 6.65. The van der Waals surface area contributed by atoms with Gasteiger partial charge in [-0.1, -0.05) is 65.7 Å². The Kier molecular flexibility index (Phi) is 10.6. The number of rotatable bonds is 11. The van der Waals surface area contributed by atoms with Gasteiger partial charge < -0.3 is 30.5 Å². The summed E-state index contributed by atoms with van der Waals surface area (Å²) in [5.74, 6) is 0.528. The van der Waals surface area contributed by atoms with Crippen LogP contribution in [0.25, 0.3) is 39.2 Å². The number of aliphatic hydroxyl groups excluding tert-OH is 1. The summed E-state index contributed by atoms with van der Waals surface area (Å²) in [5.41, 5.74) is 6.15. The van der Waals surface area contributed by atoms with Crippen LogP contribution < -0.4 is 26.2 Å². The number of nitrogens with one attached hydrogen (secondary N) is 3. The van der Waals surface area contributed by atoms with Gasteiger partial charge in [-0.25, -0.2) is 9.97 Å². The number of aliphatic hydroxyl groups is 1. The predicted octanol–water partition coefficient (Wildman–Crippen LogP) is 5.01. The lowest BCUT2D eigenvalue weighted by Gasteiger charge is -2.28. The van der Waals surface area contributed by atoms with Crippen molar-refractivity contribution in [1.29, 1.82) is 0 Å². The summed E-state index contributed by atoms with van der Waals surface area (Å²) in [6.07, 6.45) is 4.78. The van der Waals surface area contributed by atoms with Gasteiger partial charge in [-0.2, -0.15) is 0 Å². The first-order chi connectivity index (χ1) is 24.8. The second kappa shape index (κ2) is 15.5. The molecular weight excluding hydrogens is 691 g/mol. The molecule has 2 aliphatic heterocycles. The van der Waals surface area contributed by atoms with E-state index in [9.17, 15) is 14.7 Å². The lowest BCUT2D eigenvalue weighted by molar-refractivity contribution is -0.119. The molecule has 0 saturated carbocycles. The van der Waals surface area contributed by atoms with Crippen LogP contribution in [0.3, 0.4) is 0 Å². The highest BCUT2D eigenvalue weighted by atomic mass is 35.5. The highest BCUT2D eigenvalue weighted by molar-refractivity contribution is 6.39. The molecule has 0 spiro atoms. The van der Waals surface area contributed by atoms with Crippen molar-refractivity contribution in [3.8, 4) is 39.4 Å². The average Bonchev–Trinajstić information content (AvgIpc) is 3.57. The molecule has 5 heterocycles. The summed E-state index contributed by atoms with van der Waals surface area (Å²) in [6, 6.07) is 19.1. The van der Waals surface area contributed by atoms with E-state index in [4.69, 9.17) is 37.7 Å². The molecule has 0 unspecified atom stereocenters. The standard InChI is InChI=1S/C38H38Cl2N6O5/c1-50-37-23(18-42-31-13-15-51-21-32(31)47)8-10-30(45-37)29-7-3-6-28(36(29)40)27-5-2-4-26(35(27)39)22-12-14-46-33(16-22)43-19-24(38(46)49)17-41-20-25-9-11-34(48)44-25/h2-8,10,12,14,16,19,25,31-32,41-42,47H,9,11,13,15,17-18,20-21H2,1H3,(H,44,48)/t25-,31+,32+/m1/s1. The molecule has 2 fully saturated rings. The number of nitrogens with zero attached hydrogens (tertiary/aromatic N) is 3. The highest BCUT2D eigenvalue weighted by Crippen LogP contribution is 2.42. The lowest BCUT2D eigenvalue weighted by Crippen LogP contribution is -2.46. The van der Waals surface area contributed by atoms with E-state index in [1.807, 2.05) is 60.7 Å². The van der Waals surface area contributed by atoms with Crippen molar-refractivity contribution in [3.63, 3.8) is 0 Å². The van der Waals surface area contributed by atoms with E-state index in [2.05, 4.69) is 20.9 Å². The summed E-state index contributed by atoms with van der Waals surface area (Å²) < 4.78 is 12.5. The maximum absolute atomic E-state index is 13.3. The number of aromatic nitrogens is 3. The third-order valence-corrected chi connectivity index (χ3v) is 10.3. The lowest BCUT2D eigenvalue weighted by atomic mass is 9.97. The number of benzene rings is 2. The number of pyridine rings is 2. The number of amides is 1. The highest BCUT2D eigenvalue weighted by Gasteiger charge is 2.24. The van der Waals surface area contributed by atoms with Crippen LogP contribution in [0.4, 0.5) is 0 Å². The van der Waals surface area contributed by atoms with Crippen LogP contribution in [0.15, 0.2) is 77.9 Å². The molecule has 51 heavy (non-hydrogen) atoms. The minimum Gasteiger partial charge on any atom is -0.481 e. The molecule has 5 aromatic rings. The number of fused-ring (bicyclic) bond motifs is 1. The molecular formula is C38H38Cl2N6O5. The van der Waals surface area contributed by atoms with Gasteiger partial charge in [0.15, 0.2) is 0 Å². The largest absolute Gasteiger partial charge is 0.481 e. The minimum atomic E-state index is -0.563. The first kappa shape index (κ1) is 35.1. The second-order valence-corrected chi connectivity index (χ2v) is 13.5. The molecule has 2 saturated heterocycles. The smallest absolute Gasteiger partial charge is 0.262 e. The van der Waals surface area contributed by atoms with Crippen molar-refractivity contribution in [2.24, 2.45) is 0 Å². The van der Waals surface area contributed by atoms with Crippen LogP contribution >= 0.6 is 23.2 Å². The topological polar surface area (TPSA) is 139 Å². The number of hydrogen-bond donors (Lipinski definition) is 4. The second-order valence-electron chi connectivity index (χ2n) is 12.8. The fourth-order valence-corrected chi connectivity index (χ4v) is 7.31. The first-order valence-electron chi connectivity index (χ1n) is 16.9. The Hall–Kier alpha value is -4.36. The predicted molar refractivity (Wildman–Crippen MR) is 197 cm³/mol. The van der Waals surface area contributed by atoms with Gasteiger partial charge in [0, 0.05) is 90.5 Å². The summed E-state index contributed by atoms with van der Waals surface area (Å²) in [4.78, 5) is 34.1. The molecule has 0 aliphatic carbocycles. The van der Waals surface area contributed by atoms with Gasteiger partial charge in [-0.3, -0.25) is 14.0 Å². The van der Waals surface area contributed by atoms with Crippen molar-refractivity contribution < 1.29 is 19.4 Å². The van der Waals surface area contributed by atoms with Gasteiger partial charge in [0.2, 0.25) is 11.8 Å². The quantitative estimate of drug-likeness (QED) is 0.148. The molecule has 4 N–H and O–H groups in total. The molecule has 3 atom stereocenters. The van der Waals surface area contributed by atoms with Gasteiger partial charge in [0.1, 0.15) is 5.65 Å². The molecule has 11 nitrogen and oxygen atoms in total. The van der Waals surface area contributed by atoms with Gasteiger partial charge in [-0.15, -0.1) is 0 Å². The Morgan fingerprint density at radius 1 is 0.980 bits per heavy atom. The fraction of sp³-hybridized carbons (Fsp3) is 0.316. The van der Waals surface area contributed by atoms with E-state index in [1.54, 1.807) is 19.5 Å². The molecule has 2 aliphatic rings. The number of carbonyl (C=O) groups is 1. The molecule has 0 bridgehead atoms. The maximum atomic E-state index is 13.3. The normalized spacial score (nSPS) is 19.0. The van der Waals surface area contributed by atoms with Gasteiger partial charge in [-0.05, 0) is 36.6 Å². The maximum Gasteiger partial charge on any atom is 0.262 e. The number of hydrogen-bond acceptors (Lipinski definition) is 9. The summed E-state index contributed by atoms with van der Waals surface area (Å²) in [6.45, 7) is 2.34. The van der Waals surface area contributed by atoms with Crippen molar-refractivity contribution in [1.82, 2.24) is 30.3 Å². The zero-order chi connectivity index (χ0) is 35.5. The van der Waals surface area contributed by atoms with Crippen molar-refractivity contribution >= 4 is 34.8 Å². The van der Waals surface area contributed by atoms with Gasteiger partial charge in [0.05, 0.1) is 35.6 Å². The van der Waals surface area contributed by atoms with E-state index in [0.29, 0.717) is 72.1 Å². The molecule has 13 heteroatoms. The van der Waals surface area contributed by atoms with Crippen LogP contribution in [-0.2, 0) is 22.6 Å². The Labute approximate surface area is 305 Å². The van der Waals surface area contributed by atoms with Crippen molar-refractivity contribution in [2.45, 2.75) is 50.5 Å². The zero-order valence-corrected chi connectivity index (χ0v) is 29.5. The first-order valence-corrected chi connectivity index (χ1v) is 17.7. The van der Waals surface area contributed by atoms with Gasteiger partial charge >= 0.3 is 0 Å². The Balaban J connectivity index is 1.12. The Morgan fingerprint density at radius 3 is 2.49 bits per heavy atom. The number of carbonyl (C=O) groups excluding carboxylic acids is 1. The third kappa shape index (κ3) is 7.50. The average molecular weight is 730 g/mol. The van der Waals surface area contributed by atoms with Crippen molar-refractivity contribution in [2.75, 3.05) is 26.9 Å². The van der Waals surface area contributed by atoms with E-state index >= 15 is 0 Å². The Morgan fingerprint density at radius 2 is 1.75 bits per heavy atom. The summed E-state index contributed by atoms with van der Waals surface area (Å²) in [7, 11) is 1.58. The minimum absolute atomic E-state index is 0.0604. The van der Waals surface area contributed by atoms with Crippen LogP contribution in [0.1, 0.15) is 30.4 Å². The molecule has 0 radical (unpaired) electrons. The van der Waals surface area contributed by atoms with E-state index in [-0.39, 0.29) is 23.6 Å². The van der Waals surface area contributed by atoms with Crippen molar-refractivity contribution in [3.05, 3.63) is 105 Å². The molecule has 1 amide bonds. The molecule has 3 aromatic heterocycles. The molecule has 7 rings (SSSR count). The molecule has 2 aromatic carbocycles. The SMILES string of the molecule is COc1nc(-c2cccc(-c3cccc(-c4ccn5c(=O)c(CNC[C@H]6CCC(=O)N6)cnc5c4)c3Cl)c2Cl)ccc1CN[C@H]1CCOC[C@@H]1O. The number of methoxy groups -OCH3 is 1. The number of ether oxygens (including phenoxy) is 2. The van der Waals surface area contributed by atoms with Crippen LogP contribution in [-0.4, -0.2) is 70.4 Å². The Bertz CT molecular complexity index is 2140.